The van der Waals surface area contributed by atoms with E-state index in [1.165, 1.54) is 0 Å². The Morgan fingerprint density at radius 1 is 0.864 bits per heavy atom. The van der Waals surface area contributed by atoms with Gasteiger partial charge in [0.1, 0.15) is 12.3 Å². The Bertz CT molecular complexity index is 665. The number of benzene rings is 2. The van der Waals surface area contributed by atoms with Crippen molar-refractivity contribution in [3.05, 3.63) is 77.5 Å². The lowest BCUT2D eigenvalue weighted by Crippen LogP contribution is -2.20. The van der Waals surface area contributed by atoms with Crippen molar-refractivity contribution in [1.29, 1.82) is 0 Å². The number of hydrogen-bond acceptors (Lipinski definition) is 2. The van der Waals surface area contributed by atoms with Gasteiger partial charge in [-0.1, -0.05) is 81.4 Å². The van der Waals surface area contributed by atoms with E-state index in [1.807, 2.05) is 12.1 Å². The van der Waals surface area contributed by atoms with E-state index in [4.69, 9.17) is 4.74 Å². The van der Waals surface area contributed by atoms with Gasteiger partial charge < -0.3 is 4.74 Å². The second-order valence-electron chi connectivity index (χ2n) is 6.50. The number of nitrogens with zero attached hydrogens (tertiary/aromatic N) is 1. The fourth-order valence-electron chi connectivity index (χ4n) is 2.54. The fourth-order valence-corrected chi connectivity index (χ4v) is 2.54. The molecule has 0 unspecified atom stereocenters. The predicted octanol–water partition coefficient (Wildman–Crippen LogP) is 4.92. The summed E-state index contributed by atoms with van der Waals surface area (Å²) >= 11 is 0. The van der Waals surface area contributed by atoms with E-state index in [0.29, 0.717) is 6.54 Å². The zero-order valence-corrected chi connectivity index (χ0v) is 13.3. The molecule has 22 heavy (non-hydrogen) atoms. The first kappa shape index (κ1) is 14.6. The van der Waals surface area contributed by atoms with Crippen LogP contribution in [-0.4, -0.2) is 12.4 Å². The number of hydrogen-bond donors (Lipinski definition) is 0. The standard InChI is InChI=1S/C20H21NO/c1-20(2,3)19-21-14-17(22-19)18(15-10-6-4-7-11-15)16-12-8-5-9-13-16/h4-13H,14H2,1-3H3. The molecular weight excluding hydrogens is 270 g/mol. The number of ether oxygens (including phenoxy) is 1. The van der Waals surface area contributed by atoms with E-state index in [1.54, 1.807) is 0 Å². The van der Waals surface area contributed by atoms with Crippen LogP contribution in [0, 0.1) is 5.41 Å². The highest BCUT2D eigenvalue weighted by molar-refractivity contribution is 5.89. The highest BCUT2D eigenvalue weighted by Crippen LogP contribution is 2.32. The minimum Gasteiger partial charge on any atom is -0.444 e. The summed E-state index contributed by atoms with van der Waals surface area (Å²) < 4.78 is 6.13. The SMILES string of the molecule is CC(C)(C)C1=NCC(=C(c2ccccc2)c2ccccc2)O1. The normalized spacial score (nSPS) is 14.5. The first-order valence-electron chi connectivity index (χ1n) is 7.62. The molecule has 0 aliphatic carbocycles. The van der Waals surface area contributed by atoms with E-state index < -0.39 is 0 Å². The molecule has 0 radical (unpaired) electrons. The molecule has 3 rings (SSSR count). The van der Waals surface area contributed by atoms with E-state index >= 15 is 0 Å². The molecule has 0 fully saturated rings. The lowest BCUT2D eigenvalue weighted by atomic mass is 9.96. The van der Waals surface area contributed by atoms with Crippen LogP contribution in [0.1, 0.15) is 31.9 Å². The third kappa shape index (κ3) is 2.96. The largest absolute Gasteiger partial charge is 0.444 e. The Kier molecular flexibility index (Phi) is 3.84. The van der Waals surface area contributed by atoms with Crippen molar-refractivity contribution in [3.8, 4) is 0 Å². The molecule has 2 aromatic rings. The van der Waals surface area contributed by atoms with Crippen molar-refractivity contribution in [2.24, 2.45) is 10.4 Å². The van der Waals surface area contributed by atoms with Crippen LogP contribution in [0.2, 0.25) is 0 Å². The van der Waals surface area contributed by atoms with E-state index in [0.717, 1.165) is 28.4 Å². The summed E-state index contributed by atoms with van der Waals surface area (Å²) in [6, 6.07) is 20.8. The summed E-state index contributed by atoms with van der Waals surface area (Å²) in [6.45, 7) is 6.98. The highest BCUT2D eigenvalue weighted by Gasteiger charge is 2.28. The first-order chi connectivity index (χ1) is 10.6. The molecule has 1 aliphatic heterocycles. The Balaban J connectivity index is 2.07. The van der Waals surface area contributed by atoms with Crippen LogP contribution < -0.4 is 0 Å². The van der Waals surface area contributed by atoms with Gasteiger partial charge >= 0.3 is 0 Å². The van der Waals surface area contributed by atoms with Gasteiger partial charge in [0.2, 0.25) is 0 Å². The third-order valence-corrected chi connectivity index (χ3v) is 3.63. The maximum absolute atomic E-state index is 6.13. The summed E-state index contributed by atoms with van der Waals surface area (Å²) in [7, 11) is 0. The summed E-state index contributed by atoms with van der Waals surface area (Å²) in [4.78, 5) is 4.60. The molecule has 0 saturated carbocycles. The van der Waals surface area contributed by atoms with E-state index in [9.17, 15) is 0 Å². The predicted molar refractivity (Wildman–Crippen MR) is 91.7 cm³/mol. The first-order valence-corrected chi connectivity index (χ1v) is 7.62. The van der Waals surface area contributed by atoms with Crippen LogP contribution in [0.15, 0.2) is 71.4 Å². The molecule has 0 atom stereocenters. The molecule has 0 N–H and O–H groups in total. The Labute approximate surface area is 132 Å². The van der Waals surface area contributed by atoms with Crippen LogP contribution in [0.3, 0.4) is 0 Å². The summed E-state index contributed by atoms with van der Waals surface area (Å²) in [5, 5.41) is 0. The van der Waals surface area contributed by atoms with Gasteiger partial charge in [-0.2, -0.15) is 0 Å². The fraction of sp³-hybridized carbons (Fsp3) is 0.250. The van der Waals surface area contributed by atoms with Gasteiger partial charge in [0.25, 0.3) is 0 Å². The molecule has 0 spiro atoms. The van der Waals surface area contributed by atoms with Gasteiger partial charge in [-0.25, -0.2) is 4.99 Å². The maximum Gasteiger partial charge on any atom is 0.195 e. The molecule has 2 nitrogen and oxygen atoms in total. The molecule has 0 aromatic heterocycles. The van der Waals surface area contributed by atoms with Crippen molar-refractivity contribution in [2.75, 3.05) is 6.54 Å². The number of rotatable bonds is 2. The molecule has 1 aliphatic rings. The quantitative estimate of drug-likeness (QED) is 0.769. The average molecular weight is 291 g/mol. The second kappa shape index (κ2) is 5.80. The smallest absolute Gasteiger partial charge is 0.195 e. The van der Waals surface area contributed by atoms with Gasteiger partial charge in [0.05, 0.1) is 0 Å². The van der Waals surface area contributed by atoms with Gasteiger partial charge in [-0.3, -0.25) is 0 Å². The van der Waals surface area contributed by atoms with Crippen LogP contribution in [0.4, 0.5) is 0 Å². The minimum absolute atomic E-state index is 0.0692. The highest BCUT2D eigenvalue weighted by atomic mass is 16.5. The van der Waals surface area contributed by atoms with E-state index in [2.05, 4.69) is 74.3 Å². The van der Waals surface area contributed by atoms with E-state index in [-0.39, 0.29) is 5.41 Å². The average Bonchev–Trinajstić information content (AvgIpc) is 2.99. The molecule has 2 aromatic carbocycles. The van der Waals surface area contributed by atoms with Gasteiger partial charge in [-0.05, 0) is 11.1 Å². The summed E-state index contributed by atoms with van der Waals surface area (Å²) in [5.41, 5.74) is 3.38. The summed E-state index contributed by atoms with van der Waals surface area (Å²) in [6.07, 6.45) is 0. The van der Waals surface area contributed by atoms with Crippen molar-refractivity contribution >= 4 is 11.5 Å². The molecule has 1 heterocycles. The van der Waals surface area contributed by atoms with Crippen molar-refractivity contribution in [1.82, 2.24) is 0 Å². The third-order valence-electron chi connectivity index (χ3n) is 3.63. The molecule has 0 saturated heterocycles. The molecule has 0 amide bonds. The lowest BCUT2D eigenvalue weighted by Gasteiger charge is -2.19. The van der Waals surface area contributed by atoms with Crippen molar-refractivity contribution in [2.45, 2.75) is 20.8 Å². The van der Waals surface area contributed by atoms with Crippen LogP contribution in [-0.2, 0) is 4.74 Å². The van der Waals surface area contributed by atoms with Gasteiger partial charge in [0.15, 0.2) is 5.90 Å². The van der Waals surface area contributed by atoms with Crippen LogP contribution >= 0.6 is 0 Å². The second-order valence-corrected chi connectivity index (χ2v) is 6.50. The maximum atomic E-state index is 6.13. The van der Waals surface area contributed by atoms with Crippen LogP contribution in [0.25, 0.3) is 5.57 Å². The molecule has 112 valence electrons. The van der Waals surface area contributed by atoms with Gasteiger partial charge in [0, 0.05) is 11.0 Å². The molecule has 2 heteroatoms. The van der Waals surface area contributed by atoms with Crippen LogP contribution in [0.5, 0.6) is 0 Å². The molecular formula is C20H21NO. The summed E-state index contributed by atoms with van der Waals surface area (Å²) in [5.74, 6) is 1.74. The zero-order valence-electron chi connectivity index (χ0n) is 13.3. The molecule has 0 bridgehead atoms. The monoisotopic (exact) mass is 291 g/mol. The van der Waals surface area contributed by atoms with Gasteiger partial charge in [-0.15, -0.1) is 0 Å². The van der Waals surface area contributed by atoms with Crippen molar-refractivity contribution in [3.63, 3.8) is 0 Å². The topological polar surface area (TPSA) is 21.6 Å². The minimum atomic E-state index is -0.0692. The Morgan fingerprint density at radius 3 is 1.77 bits per heavy atom. The van der Waals surface area contributed by atoms with Crippen molar-refractivity contribution < 1.29 is 4.74 Å². The number of aliphatic imine (C=N–C) groups is 1. The lowest BCUT2D eigenvalue weighted by molar-refractivity contribution is 0.371. The Morgan fingerprint density at radius 2 is 1.36 bits per heavy atom. The zero-order chi connectivity index (χ0) is 15.6. The Hall–Kier alpha value is -2.35.